The summed E-state index contributed by atoms with van der Waals surface area (Å²) in [4.78, 5) is 0. The highest BCUT2D eigenvalue weighted by molar-refractivity contribution is 5.77. The van der Waals surface area contributed by atoms with Gasteiger partial charge in [-0.2, -0.15) is 0 Å². The van der Waals surface area contributed by atoms with Crippen LogP contribution in [0.1, 0.15) is 284 Å². The molecule has 0 heteroatoms. The quantitative estimate of drug-likeness (QED) is 0.142. The third kappa shape index (κ3) is 68.1. The van der Waals surface area contributed by atoms with E-state index in [-0.39, 0.29) is 0 Å². The lowest BCUT2D eigenvalue weighted by Gasteiger charge is -2.18. The lowest BCUT2D eigenvalue weighted by atomic mass is 9.87. The van der Waals surface area contributed by atoms with Crippen LogP contribution < -0.4 is 0 Å². The van der Waals surface area contributed by atoms with Crippen LogP contribution in [-0.2, 0) is 18.3 Å². The third-order valence-corrected chi connectivity index (χ3v) is 7.05. The van der Waals surface area contributed by atoms with Gasteiger partial charge in [-0.1, -0.05) is 384 Å². The summed E-state index contributed by atoms with van der Waals surface area (Å²) in [5, 5.41) is 0. The molecule has 440 valence electrons. The molecule has 0 saturated heterocycles. The minimum atomic E-state index is 0.293. The summed E-state index contributed by atoms with van der Waals surface area (Å²) in [5.41, 5.74) is 16.2. The van der Waals surface area contributed by atoms with Crippen LogP contribution in [0.5, 0.6) is 0 Å². The number of benzene rings is 5. The van der Waals surface area contributed by atoms with E-state index in [1.165, 1.54) is 50.1 Å². The molecule has 0 heterocycles. The first-order valence-electron chi connectivity index (χ1n) is 29.9. The predicted molar refractivity (Wildman–Crippen MR) is 362 cm³/mol. The summed E-state index contributed by atoms with van der Waals surface area (Å²) >= 11 is 0. The number of hydrogen-bond donors (Lipinski definition) is 0. The minimum absolute atomic E-state index is 0.293. The van der Waals surface area contributed by atoms with Crippen molar-refractivity contribution in [2.75, 3.05) is 0 Å². The van der Waals surface area contributed by atoms with Crippen LogP contribution in [0, 0.1) is 32.5 Å². The van der Waals surface area contributed by atoms with E-state index in [0.717, 1.165) is 12.8 Å². The maximum absolute atomic E-state index is 2.22. The summed E-state index contributed by atoms with van der Waals surface area (Å²) in [5.74, 6) is 0. The van der Waals surface area contributed by atoms with Crippen LogP contribution >= 0.6 is 0 Å². The first-order chi connectivity index (χ1) is 34.5. The molecule has 5 aromatic rings. The molecule has 2 aliphatic carbocycles. The van der Waals surface area contributed by atoms with Crippen LogP contribution in [-0.4, -0.2) is 0 Å². The highest BCUT2D eigenvalue weighted by Crippen LogP contribution is 2.36. The number of hydrogen-bond acceptors (Lipinski definition) is 0. The number of fused-ring (bicyclic) bond motifs is 6. The Bertz CT molecular complexity index is 1700. The van der Waals surface area contributed by atoms with Crippen molar-refractivity contribution in [2.24, 2.45) is 32.5 Å². The van der Waals surface area contributed by atoms with Gasteiger partial charge >= 0.3 is 0 Å². The van der Waals surface area contributed by atoms with Crippen LogP contribution in [0.4, 0.5) is 0 Å². The summed E-state index contributed by atoms with van der Waals surface area (Å²) in [6.07, 6.45) is 2.21. The van der Waals surface area contributed by atoms with Gasteiger partial charge in [0.25, 0.3) is 0 Å². The Kier molecular flexibility index (Phi) is 50.9. The van der Waals surface area contributed by atoms with Crippen molar-refractivity contribution in [3.63, 3.8) is 0 Å². The van der Waals surface area contributed by atoms with Crippen molar-refractivity contribution < 1.29 is 0 Å². The second-order valence-electron chi connectivity index (χ2n) is 28.6. The lowest BCUT2D eigenvalue weighted by Crippen LogP contribution is -2.10. The highest BCUT2D eigenvalue weighted by atomic mass is 14.2. The molecule has 2 aliphatic rings. The van der Waals surface area contributed by atoms with Gasteiger partial charge in [0.05, 0.1) is 0 Å². The molecule has 0 radical (unpaired) electrons. The number of rotatable bonds is 0. The molecule has 0 spiro atoms. The first-order valence-corrected chi connectivity index (χ1v) is 29.9. The molecule has 0 nitrogen and oxygen atoms in total. The van der Waals surface area contributed by atoms with Gasteiger partial charge in [-0.15, -0.1) is 0 Å². The largest absolute Gasteiger partial charge is 0.0683 e. The smallest absolute Gasteiger partial charge is 0.00135 e. The van der Waals surface area contributed by atoms with Gasteiger partial charge < -0.3 is 0 Å². The Morgan fingerprint density at radius 3 is 0.461 bits per heavy atom. The van der Waals surface area contributed by atoms with E-state index in [4.69, 9.17) is 0 Å². The van der Waals surface area contributed by atoms with Gasteiger partial charge in [-0.25, -0.2) is 0 Å². The second-order valence-corrected chi connectivity index (χ2v) is 28.6. The Hall–Kier alpha value is -3.90. The van der Waals surface area contributed by atoms with Gasteiger partial charge in [0.2, 0.25) is 0 Å². The molecule has 0 amide bonds. The van der Waals surface area contributed by atoms with Crippen molar-refractivity contribution in [1.29, 1.82) is 0 Å². The fraction of sp³-hybridized carbons (Fsp3) is 0.605. The molecule has 0 aromatic heterocycles. The van der Waals surface area contributed by atoms with Crippen LogP contribution in [0.15, 0.2) is 127 Å². The zero-order valence-corrected chi connectivity index (χ0v) is 58.5. The molecule has 76 heavy (non-hydrogen) atoms. The molecule has 0 N–H and O–H groups in total. The molecule has 0 aliphatic heterocycles. The van der Waals surface area contributed by atoms with Gasteiger partial charge in [-0.3, -0.25) is 0 Å². The fourth-order valence-corrected chi connectivity index (χ4v) is 5.10. The van der Waals surface area contributed by atoms with Crippen molar-refractivity contribution in [3.8, 4) is 22.3 Å². The monoisotopic (exact) mass is 1050 g/mol. The standard InChI is InChI=1S/2C13H10.C10H14.6C5H12.5C2H6/c2*1-3-7-12-10(5-1)9-11-6-2-4-8-13(11)12;1-10(2,3)9-7-5-4-6-8-9;6*1-5(2,3)4;5*1-2/h2*1-8H,9H2;4-8H,1-3H3;6*1-4H3;5*1-2H3. The molecule has 0 fully saturated rings. The average molecular weight is 1050 g/mol. The van der Waals surface area contributed by atoms with E-state index in [9.17, 15) is 0 Å². The SMILES string of the molecule is CC.CC.CC.CC.CC.CC(C)(C)C.CC(C)(C)C.CC(C)(C)C.CC(C)(C)C.CC(C)(C)C.CC(C)(C)C.CC(C)(C)c1ccccc1.c1ccc2c(c1)Cc1ccccc1-2.c1ccc2c(c1)Cc1ccccc1-2. The maximum Gasteiger partial charge on any atom is -0.00135 e. The fourth-order valence-electron chi connectivity index (χ4n) is 5.10. The molecular weight excluding hydrogens is 913 g/mol. The first kappa shape index (κ1) is 86.0. The Morgan fingerprint density at radius 2 is 0.329 bits per heavy atom. The van der Waals surface area contributed by atoms with E-state index >= 15 is 0 Å². The zero-order chi connectivity index (χ0) is 62.0. The summed E-state index contributed by atoms with van der Waals surface area (Å²) < 4.78 is 0. The molecule has 0 saturated carbocycles. The predicted octanol–water partition coefficient (Wildman–Crippen LogP) is 26.9. The lowest BCUT2D eigenvalue weighted by molar-refractivity contribution is 0.469. The van der Waals surface area contributed by atoms with Crippen molar-refractivity contribution in [3.05, 3.63) is 155 Å². The van der Waals surface area contributed by atoms with Crippen LogP contribution in [0.2, 0.25) is 0 Å². The van der Waals surface area contributed by atoms with Gasteiger partial charge in [-0.05, 0) is 101 Å². The molecule has 0 atom stereocenters. The van der Waals surface area contributed by atoms with E-state index in [1.54, 1.807) is 0 Å². The van der Waals surface area contributed by atoms with Crippen LogP contribution in [0.25, 0.3) is 22.3 Å². The highest BCUT2D eigenvalue weighted by Gasteiger charge is 2.17. The second kappa shape index (κ2) is 45.0. The van der Waals surface area contributed by atoms with E-state index in [0.29, 0.717) is 37.9 Å². The zero-order valence-electron chi connectivity index (χ0n) is 58.5. The maximum atomic E-state index is 2.22. The van der Waals surface area contributed by atoms with E-state index < -0.39 is 0 Å². The Morgan fingerprint density at radius 1 is 0.197 bits per heavy atom. The van der Waals surface area contributed by atoms with Crippen molar-refractivity contribution in [2.45, 2.75) is 274 Å². The molecule has 0 unspecified atom stereocenters. The van der Waals surface area contributed by atoms with Gasteiger partial charge in [0.1, 0.15) is 0 Å². The Balaban J connectivity index is -0.000000143. The normalized spacial score (nSPS) is 10.9. The molecule has 5 aromatic carbocycles. The average Bonchev–Trinajstić information content (AvgIpc) is 3.86. The van der Waals surface area contributed by atoms with E-state index in [2.05, 4.69) is 314 Å². The van der Waals surface area contributed by atoms with Crippen LogP contribution in [0.3, 0.4) is 0 Å². The Labute approximate surface area is 482 Å². The minimum Gasteiger partial charge on any atom is -0.0683 e. The van der Waals surface area contributed by atoms with Crippen molar-refractivity contribution in [1.82, 2.24) is 0 Å². The van der Waals surface area contributed by atoms with Crippen molar-refractivity contribution >= 4 is 0 Å². The van der Waals surface area contributed by atoms with Gasteiger partial charge in [0, 0.05) is 0 Å². The summed E-state index contributed by atoms with van der Waals surface area (Å²) in [6.45, 7) is 79.2. The van der Waals surface area contributed by atoms with E-state index in [1.807, 2.05) is 69.2 Å². The molecular formula is C76H136. The van der Waals surface area contributed by atoms with Gasteiger partial charge in [0.15, 0.2) is 0 Å². The topological polar surface area (TPSA) is 0 Å². The molecule has 7 rings (SSSR count). The third-order valence-electron chi connectivity index (χ3n) is 7.05. The summed E-state index contributed by atoms with van der Waals surface area (Å²) in [7, 11) is 0. The molecule has 0 bridgehead atoms. The summed E-state index contributed by atoms with van der Waals surface area (Å²) in [6, 6.07) is 45.2.